The van der Waals surface area contributed by atoms with E-state index in [4.69, 9.17) is 0 Å². The van der Waals surface area contributed by atoms with Crippen molar-refractivity contribution in [2.45, 2.75) is 26.8 Å². The molecule has 158 valence electrons. The fourth-order valence-corrected chi connectivity index (χ4v) is 3.51. The molecule has 0 saturated heterocycles. The molecule has 3 rings (SSSR count). The summed E-state index contributed by atoms with van der Waals surface area (Å²) in [5, 5.41) is 7.46. The molecule has 1 N–H and O–H groups in total. The summed E-state index contributed by atoms with van der Waals surface area (Å²) in [7, 11) is 0. The van der Waals surface area contributed by atoms with Gasteiger partial charge in [0.1, 0.15) is 12.4 Å². The lowest BCUT2D eigenvalue weighted by Gasteiger charge is -2.17. The van der Waals surface area contributed by atoms with Crippen LogP contribution >= 0.6 is 0 Å². The highest BCUT2D eigenvalue weighted by Crippen LogP contribution is 2.32. The van der Waals surface area contributed by atoms with E-state index in [-0.39, 0.29) is 18.3 Å². The summed E-state index contributed by atoms with van der Waals surface area (Å²) in [6.07, 6.45) is 2.65. The lowest BCUT2D eigenvalue weighted by molar-refractivity contribution is -0.121. The van der Waals surface area contributed by atoms with Gasteiger partial charge in [0.05, 0.1) is 11.9 Å². The first-order valence-corrected chi connectivity index (χ1v) is 10.5. The second kappa shape index (κ2) is 10.7. The fourth-order valence-electron chi connectivity index (χ4n) is 3.51. The van der Waals surface area contributed by atoms with Gasteiger partial charge in [-0.1, -0.05) is 56.3 Å². The van der Waals surface area contributed by atoms with Crippen molar-refractivity contribution in [2.75, 3.05) is 26.2 Å². The van der Waals surface area contributed by atoms with Gasteiger partial charge in [-0.2, -0.15) is 5.10 Å². The Bertz CT molecular complexity index is 934. The first-order valence-electron chi connectivity index (χ1n) is 10.5. The van der Waals surface area contributed by atoms with Crippen LogP contribution in [0.4, 0.5) is 4.39 Å². The molecule has 0 bridgehead atoms. The molecule has 0 atom stereocenters. The van der Waals surface area contributed by atoms with Gasteiger partial charge in [0.25, 0.3) is 0 Å². The third kappa shape index (κ3) is 5.54. The maximum atomic E-state index is 13.4. The Balaban J connectivity index is 1.75. The van der Waals surface area contributed by atoms with Crippen LogP contribution in [0.2, 0.25) is 0 Å². The molecule has 5 nitrogen and oxygen atoms in total. The molecule has 0 saturated carbocycles. The number of carbonyl (C=O) groups is 1. The average Bonchev–Trinajstić information content (AvgIpc) is 3.18. The van der Waals surface area contributed by atoms with Crippen molar-refractivity contribution in [2.24, 2.45) is 0 Å². The van der Waals surface area contributed by atoms with Gasteiger partial charge in [0.15, 0.2) is 0 Å². The van der Waals surface area contributed by atoms with E-state index in [2.05, 4.69) is 29.2 Å². The van der Waals surface area contributed by atoms with Crippen LogP contribution in [0.25, 0.3) is 22.4 Å². The van der Waals surface area contributed by atoms with Gasteiger partial charge < -0.3 is 10.2 Å². The van der Waals surface area contributed by atoms with Gasteiger partial charge in [-0.15, -0.1) is 0 Å². The zero-order valence-electron chi connectivity index (χ0n) is 17.6. The molecule has 30 heavy (non-hydrogen) atoms. The van der Waals surface area contributed by atoms with Crippen molar-refractivity contribution in [3.8, 4) is 22.4 Å². The fraction of sp³-hybridized carbons (Fsp3) is 0.333. The molecular weight excluding hydrogens is 379 g/mol. The van der Waals surface area contributed by atoms with E-state index in [1.165, 1.54) is 12.1 Å². The van der Waals surface area contributed by atoms with Crippen LogP contribution in [0.3, 0.4) is 0 Å². The normalized spacial score (nSPS) is 11.1. The molecule has 1 aromatic heterocycles. The number of rotatable bonds is 10. The molecule has 0 radical (unpaired) electrons. The van der Waals surface area contributed by atoms with E-state index >= 15 is 0 Å². The van der Waals surface area contributed by atoms with E-state index in [1.54, 1.807) is 23.0 Å². The van der Waals surface area contributed by atoms with Crippen molar-refractivity contribution in [3.63, 3.8) is 0 Å². The Morgan fingerprint density at radius 2 is 1.73 bits per heavy atom. The molecule has 0 aliphatic carbocycles. The predicted octanol–water partition coefficient (Wildman–Crippen LogP) is 4.20. The van der Waals surface area contributed by atoms with Crippen LogP contribution in [-0.2, 0) is 11.3 Å². The lowest BCUT2D eigenvalue weighted by atomic mass is 10.0. The SMILES string of the molecule is CCN(CC)CCCNC(=O)Cn1ncc(-c2ccc(F)cc2)c1-c1ccccc1. The molecule has 0 aliphatic rings. The maximum absolute atomic E-state index is 13.4. The molecule has 6 heteroatoms. The quantitative estimate of drug-likeness (QED) is 0.512. The summed E-state index contributed by atoms with van der Waals surface area (Å²) >= 11 is 0. The lowest BCUT2D eigenvalue weighted by Crippen LogP contribution is -2.32. The minimum Gasteiger partial charge on any atom is -0.354 e. The van der Waals surface area contributed by atoms with Crippen molar-refractivity contribution < 1.29 is 9.18 Å². The second-order valence-corrected chi connectivity index (χ2v) is 7.17. The third-order valence-corrected chi connectivity index (χ3v) is 5.20. The van der Waals surface area contributed by atoms with E-state index in [1.807, 2.05) is 30.3 Å². The van der Waals surface area contributed by atoms with Crippen LogP contribution in [0.5, 0.6) is 0 Å². The Labute approximate surface area is 177 Å². The zero-order valence-corrected chi connectivity index (χ0v) is 17.6. The van der Waals surface area contributed by atoms with Crippen molar-refractivity contribution in [1.29, 1.82) is 0 Å². The minimum absolute atomic E-state index is 0.0690. The van der Waals surface area contributed by atoms with Gasteiger partial charge in [0, 0.05) is 17.7 Å². The number of halogens is 1. The van der Waals surface area contributed by atoms with Crippen LogP contribution in [0.15, 0.2) is 60.8 Å². The average molecular weight is 409 g/mol. The molecule has 3 aromatic rings. The Morgan fingerprint density at radius 3 is 2.40 bits per heavy atom. The van der Waals surface area contributed by atoms with Crippen LogP contribution < -0.4 is 5.32 Å². The maximum Gasteiger partial charge on any atom is 0.241 e. The highest BCUT2D eigenvalue weighted by atomic mass is 19.1. The summed E-state index contributed by atoms with van der Waals surface area (Å²) in [4.78, 5) is 14.9. The van der Waals surface area contributed by atoms with Crippen LogP contribution in [-0.4, -0.2) is 46.8 Å². The monoisotopic (exact) mass is 408 g/mol. The molecule has 0 fully saturated rings. The van der Waals surface area contributed by atoms with Gasteiger partial charge in [0.2, 0.25) is 5.91 Å². The first-order chi connectivity index (χ1) is 14.6. The highest BCUT2D eigenvalue weighted by Gasteiger charge is 2.16. The van der Waals surface area contributed by atoms with E-state index < -0.39 is 0 Å². The van der Waals surface area contributed by atoms with E-state index in [0.29, 0.717) is 6.54 Å². The number of nitrogens with zero attached hydrogens (tertiary/aromatic N) is 3. The van der Waals surface area contributed by atoms with Crippen molar-refractivity contribution in [3.05, 3.63) is 66.6 Å². The molecule has 0 unspecified atom stereocenters. The van der Waals surface area contributed by atoms with Crippen molar-refractivity contribution >= 4 is 5.91 Å². The number of hydrogen-bond acceptors (Lipinski definition) is 3. The van der Waals surface area contributed by atoms with Gasteiger partial charge >= 0.3 is 0 Å². The number of carbonyl (C=O) groups excluding carboxylic acids is 1. The molecule has 2 aromatic carbocycles. The third-order valence-electron chi connectivity index (χ3n) is 5.20. The Kier molecular flexibility index (Phi) is 7.74. The smallest absolute Gasteiger partial charge is 0.241 e. The zero-order chi connectivity index (χ0) is 21.3. The van der Waals surface area contributed by atoms with E-state index in [9.17, 15) is 9.18 Å². The number of benzene rings is 2. The van der Waals surface area contributed by atoms with Gasteiger partial charge in [-0.05, 0) is 43.8 Å². The highest BCUT2D eigenvalue weighted by molar-refractivity contribution is 5.83. The predicted molar refractivity (Wildman–Crippen MR) is 118 cm³/mol. The summed E-state index contributed by atoms with van der Waals surface area (Å²) in [6.45, 7) is 8.07. The molecule has 1 amide bonds. The largest absolute Gasteiger partial charge is 0.354 e. The summed E-state index contributed by atoms with van der Waals surface area (Å²) in [5.41, 5.74) is 3.54. The van der Waals surface area contributed by atoms with Crippen molar-refractivity contribution in [1.82, 2.24) is 20.0 Å². The Morgan fingerprint density at radius 1 is 1.03 bits per heavy atom. The molecular formula is C24H29FN4O. The number of hydrogen-bond donors (Lipinski definition) is 1. The molecule has 1 heterocycles. The van der Waals surface area contributed by atoms with Crippen LogP contribution in [0, 0.1) is 5.82 Å². The molecule has 0 aliphatic heterocycles. The first kappa shape index (κ1) is 21.7. The standard InChI is InChI=1S/C24H29FN4O/c1-3-28(4-2)16-8-15-26-23(30)18-29-24(20-9-6-5-7-10-20)22(17-27-29)19-11-13-21(25)14-12-19/h5-7,9-14,17H,3-4,8,15-16,18H2,1-2H3,(H,26,30). The summed E-state index contributed by atoms with van der Waals surface area (Å²) in [5.74, 6) is -0.350. The second-order valence-electron chi connectivity index (χ2n) is 7.17. The topological polar surface area (TPSA) is 50.2 Å². The number of amides is 1. The number of nitrogens with one attached hydrogen (secondary N) is 1. The van der Waals surface area contributed by atoms with E-state index in [0.717, 1.165) is 48.4 Å². The minimum atomic E-state index is -0.281. The van der Waals surface area contributed by atoms with Gasteiger partial charge in [-0.3, -0.25) is 9.48 Å². The van der Waals surface area contributed by atoms with Crippen LogP contribution in [0.1, 0.15) is 20.3 Å². The molecule has 0 spiro atoms. The summed E-state index contributed by atoms with van der Waals surface area (Å²) < 4.78 is 15.1. The summed E-state index contributed by atoms with van der Waals surface area (Å²) in [6, 6.07) is 16.2. The Hall–Kier alpha value is -2.99. The van der Waals surface area contributed by atoms with Gasteiger partial charge in [-0.25, -0.2) is 4.39 Å². The number of aromatic nitrogens is 2.